The van der Waals surface area contributed by atoms with Gasteiger partial charge >= 0.3 is 6.61 Å². The average Bonchev–Trinajstić information content (AvgIpc) is 2.83. The number of nitrogens with one attached hydrogen (secondary N) is 2. The fourth-order valence-corrected chi connectivity index (χ4v) is 1.88. The highest BCUT2D eigenvalue weighted by Gasteiger charge is 2.13. The fraction of sp³-hybridized carbons (Fsp3) is 0.400. The molecule has 0 spiro atoms. The van der Waals surface area contributed by atoms with Crippen molar-refractivity contribution in [1.29, 1.82) is 0 Å². The molecule has 0 aliphatic carbocycles. The second kappa shape index (κ2) is 6.22. The summed E-state index contributed by atoms with van der Waals surface area (Å²) in [6, 6.07) is 6.57. The Hall–Kier alpha value is -1.95. The van der Waals surface area contributed by atoms with Crippen molar-refractivity contribution in [2.45, 2.75) is 39.5 Å². The lowest BCUT2D eigenvalue weighted by atomic mass is 10.1. The first-order chi connectivity index (χ1) is 9.85. The molecule has 1 aromatic heterocycles. The van der Waals surface area contributed by atoms with Gasteiger partial charge in [0.2, 0.25) is 0 Å². The predicted octanol–water partition coefficient (Wildman–Crippen LogP) is 3.57. The van der Waals surface area contributed by atoms with E-state index in [-0.39, 0.29) is 11.3 Å². The van der Waals surface area contributed by atoms with Crippen LogP contribution in [0.4, 0.5) is 8.78 Å². The number of hydrogen-bond donors (Lipinski definition) is 2. The van der Waals surface area contributed by atoms with E-state index in [1.54, 1.807) is 18.3 Å². The Balaban J connectivity index is 2.20. The number of nitrogens with zero attached hydrogens (tertiary/aromatic N) is 1. The summed E-state index contributed by atoms with van der Waals surface area (Å²) in [7, 11) is 0. The molecule has 2 N–H and O–H groups in total. The number of benzene rings is 1. The Bertz CT molecular complexity index is 591. The van der Waals surface area contributed by atoms with Gasteiger partial charge < -0.3 is 10.1 Å². The van der Waals surface area contributed by atoms with E-state index in [1.807, 2.05) is 6.07 Å². The van der Waals surface area contributed by atoms with Crippen LogP contribution in [-0.4, -0.2) is 22.3 Å². The maximum absolute atomic E-state index is 12.3. The van der Waals surface area contributed by atoms with Gasteiger partial charge in [-0.1, -0.05) is 12.1 Å². The smallest absolute Gasteiger partial charge is 0.387 e. The number of aromatic amines is 1. The molecule has 1 aromatic carbocycles. The third-order valence-corrected chi connectivity index (χ3v) is 2.87. The molecule has 6 heteroatoms. The third kappa shape index (κ3) is 4.53. The highest BCUT2D eigenvalue weighted by atomic mass is 19.3. The zero-order chi connectivity index (χ0) is 15.5. The Kier molecular flexibility index (Phi) is 4.57. The van der Waals surface area contributed by atoms with Crippen molar-refractivity contribution in [3.63, 3.8) is 0 Å². The lowest BCUT2D eigenvalue weighted by Crippen LogP contribution is -2.35. The Morgan fingerprint density at radius 1 is 1.33 bits per heavy atom. The van der Waals surface area contributed by atoms with E-state index in [1.165, 1.54) is 6.07 Å². The Morgan fingerprint density at radius 2 is 2.10 bits per heavy atom. The average molecular weight is 295 g/mol. The van der Waals surface area contributed by atoms with E-state index in [9.17, 15) is 8.78 Å². The molecular weight excluding hydrogens is 276 g/mol. The molecule has 0 saturated heterocycles. The summed E-state index contributed by atoms with van der Waals surface area (Å²) in [5.41, 5.74) is 2.51. The monoisotopic (exact) mass is 295 g/mol. The van der Waals surface area contributed by atoms with Crippen LogP contribution in [0, 0.1) is 0 Å². The van der Waals surface area contributed by atoms with Gasteiger partial charge in [-0.15, -0.1) is 0 Å². The topological polar surface area (TPSA) is 49.9 Å². The molecule has 0 atom stereocenters. The van der Waals surface area contributed by atoms with E-state index in [4.69, 9.17) is 0 Å². The molecule has 0 aliphatic heterocycles. The first-order valence-electron chi connectivity index (χ1n) is 6.68. The van der Waals surface area contributed by atoms with Gasteiger partial charge in [0.05, 0.1) is 11.9 Å². The van der Waals surface area contributed by atoms with E-state index in [2.05, 4.69) is 41.0 Å². The molecule has 0 fully saturated rings. The standard InChI is InChI=1S/C15H19F2N3O/c1-15(2,3)18-8-11-9-19-20-13(11)10-5-4-6-12(7-10)21-14(16)17/h4-7,9,14,18H,8H2,1-3H3,(H,19,20). The van der Waals surface area contributed by atoms with Crippen LogP contribution in [0.3, 0.4) is 0 Å². The molecule has 21 heavy (non-hydrogen) atoms. The second-order valence-electron chi connectivity index (χ2n) is 5.78. The number of ether oxygens (including phenoxy) is 1. The van der Waals surface area contributed by atoms with Crippen LogP contribution < -0.4 is 10.1 Å². The fourth-order valence-electron chi connectivity index (χ4n) is 1.88. The van der Waals surface area contributed by atoms with Gasteiger partial charge in [-0.25, -0.2) is 0 Å². The highest BCUT2D eigenvalue weighted by molar-refractivity contribution is 5.64. The lowest BCUT2D eigenvalue weighted by molar-refractivity contribution is -0.0498. The van der Waals surface area contributed by atoms with Gasteiger partial charge in [0, 0.05) is 23.2 Å². The van der Waals surface area contributed by atoms with E-state index >= 15 is 0 Å². The molecule has 0 aliphatic rings. The lowest BCUT2D eigenvalue weighted by Gasteiger charge is -2.20. The van der Waals surface area contributed by atoms with Crippen LogP contribution in [-0.2, 0) is 6.54 Å². The molecule has 0 bridgehead atoms. The summed E-state index contributed by atoms with van der Waals surface area (Å²) in [6.45, 7) is 4.02. The van der Waals surface area contributed by atoms with Crippen LogP contribution in [0.5, 0.6) is 5.75 Å². The zero-order valence-electron chi connectivity index (χ0n) is 12.3. The van der Waals surface area contributed by atoms with E-state index in [0.29, 0.717) is 6.54 Å². The van der Waals surface area contributed by atoms with Crippen LogP contribution in [0.2, 0.25) is 0 Å². The Labute approximate surface area is 122 Å². The quantitative estimate of drug-likeness (QED) is 0.886. The molecular formula is C15H19F2N3O. The maximum atomic E-state index is 12.3. The maximum Gasteiger partial charge on any atom is 0.387 e. The van der Waals surface area contributed by atoms with Gasteiger partial charge in [-0.2, -0.15) is 13.9 Å². The molecule has 0 radical (unpaired) electrons. The van der Waals surface area contributed by atoms with Gasteiger partial charge in [0.25, 0.3) is 0 Å². The number of halogens is 2. The van der Waals surface area contributed by atoms with Crippen molar-refractivity contribution in [3.05, 3.63) is 36.0 Å². The van der Waals surface area contributed by atoms with E-state index in [0.717, 1.165) is 16.8 Å². The number of H-pyrrole nitrogens is 1. The van der Waals surface area contributed by atoms with Gasteiger partial charge in [0.1, 0.15) is 5.75 Å². The normalized spacial score (nSPS) is 11.9. The molecule has 0 unspecified atom stereocenters. The van der Waals surface area contributed by atoms with Crippen LogP contribution in [0.25, 0.3) is 11.3 Å². The first kappa shape index (κ1) is 15.4. The van der Waals surface area contributed by atoms with Crippen molar-refractivity contribution in [3.8, 4) is 17.0 Å². The van der Waals surface area contributed by atoms with Crippen molar-refractivity contribution in [2.24, 2.45) is 0 Å². The predicted molar refractivity (Wildman–Crippen MR) is 77.2 cm³/mol. The summed E-state index contributed by atoms with van der Waals surface area (Å²) >= 11 is 0. The number of aromatic nitrogens is 2. The van der Waals surface area contributed by atoms with Gasteiger partial charge in [0.15, 0.2) is 0 Å². The molecule has 2 aromatic rings. The molecule has 114 valence electrons. The molecule has 2 rings (SSSR count). The van der Waals surface area contributed by atoms with Crippen LogP contribution >= 0.6 is 0 Å². The molecule has 1 heterocycles. The summed E-state index contributed by atoms with van der Waals surface area (Å²) in [5.74, 6) is 0.131. The van der Waals surface area contributed by atoms with E-state index < -0.39 is 6.61 Å². The summed E-state index contributed by atoms with van der Waals surface area (Å²) < 4.78 is 29.0. The van der Waals surface area contributed by atoms with Crippen molar-refractivity contribution >= 4 is 0 Å². The van der Waals surface area contributed by atoms with Crippen LogP contribution in [0.15, 0.2) is 30.5 Å². The van der Waals surface area contributed by atoms with Crippen molar-refractivity contribution in [2.75, 3.05) is 0 Å². The Morgan fingerprint density at radius 3 is 2.76 bits per heavy atom. The van der Waals surface area contributed by atoms with Crippen molar-refractivity contribution < 1.29 is 13.5 Å². The SMILES string of the molecule is CC(C)(C)NCc1cn[nH]c1-c1cccc(OC(F)F)c1. The van der Waals surface area contributed by atoms with Crippen molar-refractivity contribution in [1.82, 2.24) is 15.5 Å². The first-order valence-corrected chi connectivity index (χ1v) is 6.68. The highest BCUT2D eigenvalue weighted by Crippen LogP contribution is 2.26. The number of hydrogen-bond acceptors (Lipinski definition) is 3. The van der Waals surface area contributed by atoms with Gasteiger partial charge in [-0.05, 0) is 32.9 Å². The van der Waals surface area contributed by atoms with Gasteiger partial charge in [-0.3, -0.25) is 5.10 Å². The van der Waals surface area contributed by atoms with Crippen LogP contribution in [0.1, 0.15) is 26.3 Å². The molecule has 0 saturated carbocycles. The molecule has 4 nitrogen and oxygen atoms in total. The summed E-state index contributed by atoms with van der Waals surface area (Å²) in [4.78, 5) is 0. The minimum Gasteiger partial charge on any atom is -0.435 e. The largest absolute Gasteiger partial charge is 0.435 e. The minimum absolute atomic E-state index is 0.0187. The zero-order valence-corrected chi connectivity index (χ0v) is 12.3. The summed E-state index contributed by atoms with van der Waals surface area (Å²) in [6.07, 6.45) is 1.73. The minimum atomic E-state index is -2.83. The summed E-state index contributed by atoms with van der Waals surface area (Å²) in [5, 5.41) is 10.3. The second-order valence-corrected chi connectivity index (χ2v) is 5.78. The number of rotatable bonds is 5. The number of alkyl halides is 2. The molecule has 0 amide bonds. The third-order valence-electron chi connectivity index (χ3n) is 2.87.